The highest BCUT2D eigenvalue weighted by atomic mass is 32.1. The fraction of sp³-hybridized carbons (Fsp3) is 0.565. The topological polar surface area (TPSA) is 45.7 Å². The van der Waals surface area contributed by atoms with E-state index >= 15 is 0 Å². The first kappa shape index (κ1) is 19.1. The minimum atomic E-state index is 0.173. The van der Waals surface area contributed by atoms with Gasteiger partial charge in [-0.3, -0.25) is 14.7 Å². The van der Waals surface area contributed by atoms with Crippen LogP contribution in [0.5, 0.6) is 5.75 Å². The maximum Gasteiger partial charge on any atom is 0.265 e. The van der Waals surface area contributed by atoms with E-state index in [0.29, 0.717) is 23.9 Å². The number of carbonyl (C=O) groups excluding carboxylic acids is 1. The number of fused-ring (bicyclic) bond motifs is 4. The summed E-state index contributed by atoms with van der Waals surface area (Å²) in [7, 11) is 1.73. The standard InChI is InChI=1S/C23H29N3O2S/c1-28-19-6-4-5-16(9-19)10-21-18-11-17(20-7-2-3-8-26(20)21)13-25(14-18)23(27)22-12-24-15-29-22/h4-6,9,12,15,17-18,20-21H,2-3,7-8,10-11,13-14H2,1H3/t17-,18+,20+,21+/m1/s1. The van der Waals surface area contributed by atoms with E-state index in [4.69, 9.17) is 4.74 Å². The van der Waals surface area contributed by atoms with Crippen LogP contribution in [0.3, 0.4) is 0 Å². The number of benzene rings is 1. The summed E-state index contributed by atoms with van der Waals surface area (Å²) in [5.41, 5.74) is 3.09. The van der Waals surface area contributed by atoms with E-state index in [9.17, 15) is 4.79 Å². The van der Waals surface area contributed by atoms with Gasteiger partial charge in [0.15, 0.2) is 0 Å². The molecule has 4 heterocycles. The minimum Gasteiger partial charge on any atom is -0.497 e. The van der Waals surface area contributed by atoms with Gasteiger partial charge in [0.2, 0.25) is 0 Å². The average molecular weight is 412 g/mol. The number of aromatic nitrogens is 1. The van der Waals surface area contributed by atoms with Crippen molar-refractivity contribution >= 4 is 17.2 Å². The molecule has 0 radical (unpaired) electrons. The zero-order valence-electron chi connectivity index (χ0n) is 17.0. The second-order valence-electron chi connectivity index (χ2n) is 8.76. The lowest BCUT2D eigenvalue weighted by Crippen LogP contribution is -2.64. The molecule has 0 saturated carbocycles. The summed E-state index contributed by atoms with van der Waals surface area (Å²) in [6.07, 6.45) is 7.90. The molecule has 2 aromatic rings. The number of rotatable bonds is 4. The van der Waals surface area contributed by atoms with Crippen LogP contribution in [0.1, 0.15) is 40.9 Å². The fourth-order valence-electron chi connectivity index (χ4n) is 5.87. The SMILES string of the molecule is COc1cccc(C[C@H]2[C@H]3C[C@H](CN(C(=O)c4cncs4)C3)[C@@H]3CCCCN32)c1. The molecule has 0 spiro atoms. The molecule has 4 atom stereocenters. The molecule has 5 nitrogen and oxygen atoms in total. The Morgan fingerprint density at radius 1 is 1.28 bits per heavy atom. The molecule has 29 heavy (non-hydrogen) atoms. The van der Waals surface area contributed by atoms with E-state index in [1.165, 1.54) is 49.1 Å². The Morgan fingerprint density at radius 3 is 3.00 bits per heavy atom. The van der Waals surface area contributed by atoms with Crippen LogP contribution in [0.4, 0.5) is 0 Å². The van der Waals surface area contributed by atoms with Crippen molar-refractivity contribution in [1.29, 1.82) is 0 Å². The Kier molecular flexibility index (Phi) is 5.31. The van der Waals surface area contributed by atoms with Crippen LogP contribution >= 0.6 is 11.3 Å². The van der Waals surface area contributed by atoms with Crippen LogP contribution in [0.2, 0.25) is 0 Å². The first-order valence-corrected chi connectivity index (χ1v) is 11.7. The van der Waals surface area contributed by atoms with Gasteiger partial charge in [-0.1, -0.05) is 18.6 Å². The molecule has 1 aromatic carbocycles. The van der Waals surface area contributed by atoms with E-state index in [2.05, 4.69) is 33.0 Å². The van der Waals surface area contributed by atoms with Gasteiger partial charge in [-0.15, -0.1) is 11.3 Å². The van der Waals surface area contributed by atoms with Crippen molar-refractivity contribution in [2.75, 3.05) is 26.7 Å². The van der Waals surface area contributed by atoms with Crippen LogP contribution < -0.4 is 4.74 Å². The lowest BCUT2D eigenvalue weighted by atomic mass is 9.71. The van der Waals surface area contributed by atoms with Gasteiger partial charge in [-0.25, -0.2) is 0 Å². The van der Waals surface area contributed by atoms with Gasteiger partial charge in [-0.05, 0) is 61.8 Å². The summed E-state index contributed by atoms with van der Waals surface area (Å²) >= 11 is 1.46. The lowest BCUT2D eigenvalue weighted by molar-refractivity contribution is -0.0641. The van der Waals surface area contributed by atoms with E-state index in [0.717, 1.165) is 30.1 Å². The number of amides is 1. The van der Waals surface area contributed by atoms with Gasteiger partial charge in [0.05, 0.1) is 18.8 Å². The fourth-order valence-corrected chi connectivity index (χ4v) is 6.46. The molecule has 2 bridgehead atoms. The Labute approximate surface area is 176 Å². The Hall–Kier alpha value is -1.92. The number of nitrogens with zero attached hydrogens (tertiary/aromatic N) is 3. The van der Waals surface area contributed by atoms with Gasteiger partial charge >= 0.3 is 0 Å². The van der Waals surface area contributed by atoms with Crippen LogP contribution in [0, 0.1) is 11.8 Å². The third kappa shape index (κ3) is 3.68. The first-order chi connectivity index (χ1) is 14.2. The Morgan fingerprint density at radius 2 is 2.17 bits per heavy atom. The van der Waals surface area contributed by atoms with Crippen LogP contribution in [-0.2, 0) is 6.42 Å². The van der Waals surface area contributed by atoms with Gasteiger partial charge in [0.1, 0.15) is 10.6 Å². The van der Waals surface area contributed by atoms with Crippen molar-refractivity contribution in [3.8, 4) is 5.75 Å². The van der Waals surface area contributed by atoms with Gasteiger partial charge in [0.25, 0.3) is 5.91 Å². The molecule has 3 aliphatic rings. The minimum absolute atomic E-state index is 0.173. The molecule has 0 unspecified atom stereocenters. The summed E-state index contributed by atoms with van der Waals surface area (Å²) in [4.78, 5) is 22.9. The molecule has 3 saturated heterocycles. The molecule has 6 heteroatoms. The second-order valence-corrected chi connectivity index (χ2v) is 9.64. The normalized spacial score (nSPS) is 29.3. The zero-order chi connectivity index (χ0) is 19.8. The zero-order valence-corrected chi connectivity index (χ0v) is 17.8. The molecule has 0 N–H and O–H groups in total. The number of ether oxygens (including phenoxy) is 1. The van der Waals surface area contributed by atoms with E-state index in [1.807, 2.05) is 6.07 Å². The molecular weight excluding hydrogens is 382 g/mol. The number of thiazole rings is 1. The smallest absolute Gasteiger partial charge is 0.265 e. The summed E-state index contributed by atoms with van der Waals surface area (Å²) in [5.74, 6) is 2.24. The maximum absolute atomic E-state index is 13.1. The van der Waals surface area contributed by atoms with Gasteiger partial charge in [0, 0.05) is 25.2 Å². The summed E-state index contributed by atoms with van der Waals surface area (Å²) in [6.45, 7) is 2.97. The lowest BCUT2D eigenvalue weighted by Gasteiger charge is -2.57. The van der Waals surface area contributed by atoms with Crippen molar-refractivity contribution in [3.63, 3.8) is 0 Å². The number of piperidine rings is 3. The molecule has 5 rings (SSSR count). The van der Waals surface area contributed by atoms with E-state index in [1.54, 1.807) is 18.8 Å². The quantitative estimate of drug-likeness (QED) is 0.769. The first-order valence-electron chi connectivity index (χ1n) is 10.8. The third-order valence-electron chi connectivity index (χ3n) is 7.13. The Balaban J connectivity index is 1.41. The highest BCUT2D eigenvalue weighted by molar-refractivity contribution is 7.11. The third-order valence-corrected chi connectivity index (χ3v) is 7.89. The molecule has 1 amide bonds. The van der Waals surface area contributed by atoms with Crippen LogP contribution in [0.15, 0.2) is 36.0 Å². The van der Waals surface area contributed by atoms with E-state index in [-0.39, 0.29) is 5.91 Å². The highest BCUT2D eigenvalue weighted by Gasteiger charge is 2.47. The molecule has 3 aliphatic heterocycles. The van der Waals surface area contributed by atoms with Crippen molar-refractivity contribution in [2.24, 2.45) is 11.8 Å². The van der Waals surface area contributed by atoms with Crippen LogP contribution in [0.25, 0.3) is 0 Å². The second kappa shape index (κ2) is 8.07. The van der Waals surface area contributed by atoms with Crippen molar-refractivity contribution in [3.05, 3.63) is 46.4 Å². The highest BCUT2D eigenvalue weighted by Crippen LogP contribution is 2.42. The predicted octanol–water partition coefficient (Wildman–Crippen LogP) is 3.71. The number of hydrogen-bond donors (Lipinski definition) is 0. The summed E-state index contributed by atoms with van der Waals surface area (Å²) in [5, 5.41) is 0. The van der Waals surface area contributed by atoms with E-state index < -0.39 is 0 Å². The maximum atomic E-state index is 13.1. The Bertz CT molecular complexity index is 856. The number of carbonyl (C=O) groups is 1. The molecule has 1 aromatic heterocycles. The summed E-state index contributed by atoms with van der Waals surface area (Å²) < 4.78 is 5.45. The van der Waals surface area contributed by atoms with Crippen molar-refractivity contribution in [2.45, 2.75) is 44.2 Å². The van der Waals surface area contributed by atoms with Crippen molar-refractivity contribution < 1.29 is 9.53 Å². The number of likely N-dealkylation sites (tertiary alicyclic amines) is 1. The van der Waals surface area contributed by atoms with Gasteiger partial charge < -0.3 is 9.64 Å². The monoisotopic (exact) mass is 411 g/mol. The summed E-state index contributed by atoms with van der Waals surface area (Å²) in [6, 6.07) is 9.62. The van der Waals surface area contributed by atoms with Crippen LogP contribution in [-0.4, -0.2) is 59.5 Å². The number of methoxy groups -OCH3 is 1. The molecule has 154 valence electrons. The molecule has 0 aliphatic carbocycles. The average Bonchev–Trinajstić information content (AvgIpc) is 3.31. The molecular formula is C23H29N3O2S. The van der Waals surface area contributed by atoms with Crippen molar-refractivity contribution in [1.82, 2.24) is 14.8 Å². The largest absolute Gasteiger partial charge is 0.497 e. The predicted molar refractivity (Wildman–Crippen MR) is 114 cm³/mol. The van der Waals surface area contributed by atoms with Gasteiger partial charge in [-0.2, -0.15) is 0 Å². The number of hydrogen-bond acceptors (Lipinski definition) is 5. The molecule has 3 fully saturated rings.